The number of carboxylic acid groups (broad SMARTS) is 1. The number of carbonyl (C=O) groups is 1. The summed E-state index contributed by atoms with van der Waals surface area (Å²) < 4.78 is 6.93. The molecule has 3 rings (SSSR count). The van der Waals surface area contributed by atoms with Crippen LogP contribution in [0.2, 0.25) is 0 Å². The molecule has 0 saturated carbocycles. The van der Waals surface area contributed by atoms with E-state index in [0.29, 0.717) is 28.2 Å². The molecule has 0 saturated heterocycles. The van der Waals surface area contributed by atoms with Gasteiger partial charge in [-0.05, 0) is 25.1 Å². The molecule has 3 aromatic rings. The number of pyridine rings is 1. The van der Waals surface area contributed by atoms with Gasteiger partial charge in [0.05, 0.1) is 29.4 Å². The van der Waals surface area contributed by atoms with Crippen molar-refractivity contribution < 1.29 is 14.6 Å². The molecule has 0 atom stereocenters. The molecule has 2 heterocycles. The minimum absolute atomic E-state index is 0.191. The van der Waals surface area contributed by atoms with E-state index < -0.39 is 5.97 Å². The minimum atomic E-state index is -1.00. The minimum Gasteiger partial charge on any atom is -0.496 e. The number of benzene rings is 1. The number of aromatic nitrogens is 3. The number of fused-ring (bicyclic) bond motifs is 1. The summed E-state index contributed by atoms with van der Waals surface area (Å²) in [5, 5.41) is 14.4. The Bertz CT molecular complexity index is 884. The van der Waals surface area contributed by atoms with Crippen molar-refractivity contribution in [3.63, 3.8) is 0 Å². The van der Waals surface area contributed by atoms with Gasteiger partial charge < -0.3 is 9.84 Å². The summed E-state index contributed by atoms with van der Waals surface area (Å²) >= 11 is 0. The highest BCUT2D eigenvalue weighted by Gasteiger charge is 2.19. The Labute approximate surface area is 127 Å². The predicted octanol–water partition coefficient (Wildman–Crippen LogP) is 2.65. The van der Waals surface area contributed by atoms with Gasteiger partial charge in [-0.2, -0.15) is 5.10 Å². The van der Waals surface area contributed by atoms with Gasteiger partial charge in [-0.3, -0.25) is 4.68 Å². The van der Waals surface area contributed by atoms with Crippen LogP contribution in [-0.2, 0) is 7.05 Å². The predicted molar refractivity (Wildman–Crippen MR) is 82.2 cm³/mol. The second-order valence-corrected chi connectivity index (χ2v) is 4.97. The third-order valence-electron chi connectivity index (χ3n) is 3.58. The fourth-order valence-corrected chi connectivity index (χ4v) is 2.61. The van der Waals surface area contributed by atoms with Crippen molar-refractivity contribution in [1.82, 2.24) is 14.8 Å². The highest BCUT2D eigenvalue weighted by molar-refractivity contribution is 6.04. The number of hydrogen-bond donors (Lipinski definition) is 1. The van der Waals surface area contributed by atoms with E-state index in [-0.39, 0.29) is 5.56 Å². The number of aryl methyl sites for hydroxylation is 2. The van der Waals surface area contributed by atoms with Crippen LogP contribution in [0.1, 0.15) is 16.1 Å². The van der Waals surface area contributed by atoms with Crippen molar-refractivity contribution in [3.8, 4) is 17.0 Å². The van der Waals surface area contributed by atoms with Gasteiger partial charge in [0.25, 0.3) is 0 Å². The molecule has 0 bridgehead atoms. The molecule has 0 aliphatic rings. The zero-order valence-electron chi connectivity index (χ0n) is 12.5. The van der Waals surface area contributed by atoms with E-state index >= 15 is 0 Å². The first-order valence-corrected chi connectivity index (χ1v) is 6.74. The molecule has 112 valence electrons. The first-order chi connectivity index (χ1) is 10.5. The summed E-state index contributed by atoms with van der Waals surface area (Å²) in [7, 11) is 3.32. The molecule has 0 amide bonds. The van der Waals surface area contributed by atoms with Crippen LogP contribution in [0.15, 0.2) is 30.3 Å². The number of rotatable bonds is 3. The molecular formula is C16H15N3O3. The average molecular weight is 297 g/mol. The van der Waals surface area contributed by atoms with Crippen LogP contribution in [0.25, 0.3) is 22.3 Å². The second kappa shape index (κ2) is 5.14. The van der Waals surface area contributed by atoms with Crippen molar-refractivity contribution in [2.45, 2.75) is 6.92 Å². The van der Waals surface area contributed by atoms with Gasteiger partial charge in [-0.1, -0.05) is 12.1 Å². The molecule has 0 spiro atoms. The third-order valence-corrected chi connectivity index (χ3v) is 3.58. The third kappa shape index (κ3) is 2.09. The van der Waals surface area contributed by atoms with Gasteiger partial charge in [-0.15, -0.1) is 0 Å². The molecule has 2 aromatic heterocycles. The summed E-state index contributed by atoms with van der Waals surface area (Å²) in [6.45, 7) is 1.78. The zero-order valence-corrected chi connectivity index (χ0v) is 12.5. The van der Waals surface area contributed by atoms with Crippen molar-refractivity contribution in [3.05, 3.63) is 41.6 Å². The Morgan fingerprint density at radius 3 is 2.73 bits per heavy atom. The van der Waals surface area contributed by atoms with Gasteiger partial charge in [0.2, 0.25) is 0 Å². The molecule has 22 heavy (non-hydrogen) atoms. The summed E-state index contributed by atoms with van der Waals surface area (Å²) in [5.41, 5.74) is 2.67. The maximum absolute atomic E-state index is 11.6. The molecule has 1 aromatic carbocycles. The molecule has 0 aliphatic heterocycles. The highest BCUT2D eigenvalue weighted by Crippen LogP contribution is 2.32. The van der Waals surface area contributed by atoms with Crippen LogP contribution >= 0.6 is 0 Å². The van der Waals surface area contributed by atoms with E-state index in [4.69, 9.17) is 4.74 Å². The quantitative estimate of drug-likeness (QED) is 0.804. The number of ether oxygens (including phenoxy) is 1. The van der Waals surface area contributed by atoms with Crippen molar-refractivity contribution in [2.24, 2.45) is 7.05 Å². The van der Waals surface area contributed by atoms with E-state index in [2.05, 4.69) is 10.1 Å². The Hall–Kier alpha value is -2.89. The summed E-state index contributed by atoms with van der Waals surface area (Å²) in [4.78, 5) is 16.2. The second-order valence-electron chi connectivity index (χ2n) is 4.97. The first-order valence-electron chi connectivity index (χ1n) is 6.74. The fraction of sp³-hybridized carbons (Fsp3) is 0.188. The molecule has 0 fully saturated rings. The lowest BCUT2D eigenvalue weighted by molar-refractivity contribution is 0.0699. The van der Waals surface area contributed by atoms with Crippen molar-refractivity contribution in [2.75, 3.05) is 7.11 Å². The summed E-state index contributed by atoms with van der Waals surface area (Å²) in [6, 6.07) is 8.95. The molecule has 0 aliphatic carbocycles. The smallest absolute Gasteiger partial charge is 0.336 e. The normalized spacial score (nSPS) is 10.9. The average Bonchev–Trinajstić information content (AvgIpc) is 2.81. The van der Waals surface area contributed by atoms with E-state index in [1.165, 1.54) is 0 Å². The number of hydrogen-bond acceptors (Lipinski definition) is 4. The van der Waals surface area contributed by atoms with Crippen LogP contribution in [-0.4, -0.2) is 33.0 Å². The maximum atomic E-state index is 11.6. The number of aromatic carboxylic acids is 1. The molecular weight excluding hydrogens is 282 g/mol. The molecule has 6 heteroatoms. The Balaban J connectivity index is 2.37. The SMILES string of the molecule is COc1ccccc1-c1cc(C(=O)O)c2c(C)nn(C)c2n1. The van der Waals surface area contributed by atoms with Gasteiger partial charge in [0.15, 0.2) is 5.65 Å². The van der Waals surface area contributed by atoms with Crippen LogP contribution in [0.4, 0.5) is 0 Å². The summed E-state index contributed by atoms with van der Waals surface area (Å²) in [6.07, 6.45) is 0. The van der Waals surface area contributed by atoms with Gasteiger partial charge in [0, 0.05) is 12.6 Å². The van der Waals surface area contributed by atoms with Gasteiger partial charge in [-0.25, -0.2) is 9.78 Å². The number of nitrogens with zero attached hydrogens (tertiary/aromatic N) is 3. The van der Waals surface area contributed by atoms with Crippen molar-refractivity contribution in [1.29, 1.82) is 0 Å². The van der Waals surface area contributed by atoms with Crippen LogP contribution in [0, 0.1) is 6.92 Å². The van der Waals surface area contributed by atoms with Crippen LogP contribution in [0.3, 0.4) is 0 Å². The van der Waals surface area contributed by atoms with Gasteiger partial charge in [0.1, 0.15) is 5.75 Å². The molecule has 1 N–H and O–H groups in total. The molecule has 0 unspecified atom stereocenters. The maximum Gasteiger partial charge on any atom is 0.336 e. The Morgan fingerprint density at radius 2 is 2.05 bits per heavy atom. The summed E-state index contributed by atoms with van der Waals surface area (Å²) in [5.74, 6) is -0.357. The van der Waals surface area contributed by atoms with Crippen LogP contribution < -0.4 is 4.74 Å². The van der Waals surface area contributed by atoms with Crippen LogP contribution in [0.5, 0.6) is 5.75 Å². The Morgan fingerprint density at radius 1 is 1.32 bits per heavy atom. The van der Waals surface area contributed by atoms with E-state index in [9.17, 15) is 9.90 Å². The fourth-order valence-electron chi connectivity index (χ4n) is 2.61. The zero-order chi connectivity index (χ0) is 15.9. The lowest BCUT2D eigenvalue weighted by atomic mass is 10.0. The molecule has 0 radical (unpaired) electrons. The number of para-hydroxylation sites is 1. The monoisotopic (exact) mass is 297 g/mol. The Kier molecular flexibility index (Phi) is 3.29. The highest BCUT2D eigenvalue weighted by atomic mass is 16.5. The largest absolute Gasteiger partial charge is 0.496 e. The molecule has 6 nitrogen and oxygen atoms in total. The van der Waals surface area contributed by atoms with E-state index in [0.717, 1.165) is 5.56 Å². The lowest BCUT2D eigenvalue weighted by Crippen LogP contribution is -2.02. The van der Waals surface area contributed by atoms with Gasteiger partial charge >= 0.3 is 5.97 Å². The first kappa shape index (κ1) is 14.1. The number of carboxylic acids is 1. The van der Waals surface area contributed by atoms with Crippen molar-refractivity contribution >= 4 is 17.0 Å². The lowest BCUT2D eigenvalue weighted by Gasteiger charge is -2.09. The van der Waals surface area contributed by atoms with E-state index in [1.54, 1.807) is 31.8 Å². The number of methoxy groups -OCH3 is 1. The topological polar surface area (TPSA) is 77.2 Å². The standard InChI is InChI=1S/C16H15N3O3/c1-9-14-11(16(20)21)8-12(17-15(14)19(2)18-9)10-6-4-5-7-13(10)22-3/h4-8H,1-3H3,(H,20,21). The van der Waals surface area contributed by atoms with E-state index in [1.807, 2.05) is 24.3 Å².